The summed E-state index contributed by atoms with van der Waals surface area (Å²) in [5.74, 6) is 0.0902. The van der Waals surface area contributed by atoms with Crippen molar-refractivity contribution in [2.45, 2.75) is 41.5 Å². The number of hydrogen-bond acceptors (Lipinski definition) is 2. The van der Waals surface area contributed by atoms with Crippen LogP contribution in [0.5, 0.6) is 0 Å². The summed E-state index contributed by atoms with van der Waals surface area (Å²) in [6, 6.07) is 34.9. The summed E-state index contributed by atoms with van der Waals surface area (Å²) in [5, 5.41) is 0. The van der Waals surface area contributed by atoms with Crippen molar-refractivity contribution in [3.05, 3.63) is 152 Å². The second kappa shape index (κ2) is 13.8. The van der Waals surface area contributed by atoms with Crippen LogP contribution in [0.4, 0.5) is 0 Å². The molecule has 0 aromatic heterocycles. The summed E-state index contributed by atoms with van der Waals surface area (Å²) in [6.45, 7) is 13.5. The van der Waals surface area contributed by atoms with Crippen molar-refractivity contribution >= 4 is 50.0 Å². The van der Waals surface area contributed by atoms with E-state index in [9.17, 15) is 9.59 Å². The summed E-state index contributed by atoms with van der Waals surface area (Å²) in [7, 11) is 0. The molecule has 0 unspecified atom stereocenters. The Morgan fingerprint density at radius 1 is 0.476 bits per heavy atom. The molecule has 0 spiro atoms. The van der Waals surface area contributed by atoms with E-state index in [-0.39, 0.29) is 48.7 Å². The molecule has 0 radical (unpaired) electrons. The van der Waals surface area contributed by atoms with Gasteiger partial charge in [0.15, 0.2) is 0 Å². The summed E-state index contributed by atoms with van der Waals surface area (Å²) in [6.07, 6.45) is 4.51. The van der Waals surface area contributed by atoms with Crippen LogP contribution in [0.1, 0.15) is 84.5 Å². The van der Waals surface area contributed by atoms with Crippen molar-refractivity contribution < 1.29 is 9.59 Å². The van der Waals surface area contributed by atoms with Gasteiger partial charge < -0.3 is 0 Å². The van der Waals surface area contributed by atoms with Gasteiger partial charge in [-0.25, -0.2) is 0 Å². The standard InChI is InChI=1S/C38H38O2Se2/c1-37(2,3)33(25-29-21-13-15-23-31(29)35(39)27-17-9-7-10-18-27)41-42-34(38(4,5)6)26-30-22-14-16-24-32(30)36(40)28-19-11-8-12-20-28/h7-26H,1-6H3/b33-25-,34-26-. The van der Waals surface area contributed by atoms with E-state index in [1.807, 2.05) is 97.1 Å². The van der Waals surface area contributed by atoms with Crippen molar-refractivity contribution in [1.29, 1.82) is 0 Å². The number of carbonyl (C=O) groups is 2. The molecule has 214 valence electrons. The molecule has 0 saturated heterocycles. The fourth-order valence-electron chi connectivity index (χ4n) is 4.25. The fraction of sp³-hybridized carbons (Fsp3) is 0.211. The van der Waals surface area contributed by atoms with E-state index in [1.54, 1.807) is 0 Å². The van der Waals surface area contributed by atoms with Crippen molar-refractivity contribution in [3.8, 4) is 0 Å². The molecule has 0 aliphatic carbocycles. The monoisotopic (exact) mass is 686 g/mol. The predicted molar refractivity (Wildman–Crippen MR) is 179 cm³/mol. The second-order valence-electron chi connectivity index (χ2n) is 12.2. The minimum absolute atomic E-state index is 0.0451. The molecule has 0 heterocycles. The molecule has 4 rings (SSSR count). The van der Waals surface area contributed by atoms with Gasteiger partial charge in [0, 0.05) is 0 Å². The molecule has 0 bridgehead atoms. The second-order valence-corrected chi connectivity index (χ2v) is 18.4. The summed E-state index contributed by atoms with van der Waals surface area (Å²) in [5.41, 5.74) is 4.70. The zero-order chi connectivity index (χ0) is 30.3. The molecule has 42 heavy (non-hydrogen) atoms. The Kier molecular flexibility index (Phi) is 10.4. The van der Waals surface area contributed by atoms with E-state index in [0.29, 0.717) is 11.1 Å². The first-order valence-corrected chi connectivity index (χ1v) is 20.2. The summed E-state index contributed by atoms with van der Waals surface area (Å²) in [4.78, 5) is 26.9. The van der Waals surface area contributed by atoms with Gasteiger partial charge in [-0.3, -0.25) is 0 Å². The van der Waals surface area contributed by atoms with Gasteiger partial charge in [0.2, 0.25) is 0 Å². The van der Waals surface area contributed by atoms with E-state index in [4.69, 9.17) is 0 Å². The van der Waals surface area contributed by atoms with Crippen molar-refractivity contribution in [1.82, 2.24) is 0 Å². The number of rotatable bonds is 9. The molecule has 4 heteroatoms. The van der Waals surface area contributed by atoms with Crippen molar-refractivity contribution in [2.24, 2.45) is 10.8 Å². The Morgan fingerprint density at radius 3 is 1.12 bits per heavy atom. The van der Waals surface area contributed by atoms with Gasteiger partial charge in [0.25, 0.3) is 0 Å². The Bertz CT molecular complexity index is 1480. The number of hydrogen-bond donors (Lipinski definition) is 0. The number of carbonyl (C=O) groups excluding carboxylic acids is 2. The van der Waals surface area contributed by atoms with Gasteiger partial charge >= 0.3 is 263 Å². The van der Waals surface area contributed by atoms with Crippen LogP contribution < -0.4 is 0 Å². The van der Waals surface area contributed by atoms with E-state index in [1.165, 1.54) is 8.94 Å². The molecule has 4 aromatic carbocycles. The number of allylic oxidation sites excluding steroid dienone is 2. The Labute approximate surface area is 262 Å². The van der Waals surface area contributed by atoms with Crippen LogP contribution in [-0.2, 0) is 0 Å². The van der Waals surface area contributed by atoms with Crippen LogP contribution in [-0.4, -0.2) is 37.8 Å². The molecule has 0 atom stereocenters. The molecule has 0 saturated carbocycles. The van der Waals surface area contributed by atoms with Gasteiger partial charge in [-0.05, 0) is 0 Å². The van der Waals surface area contributed by atoms with E-state index >= 15 is 0 Å². The van der Waals surface area contributed by atoms with Crippen LogP contribution >= 0.6 is 0 Å². The normalized spacial score (nSPS) is 12.7. The van der Waals surface area contributed by atoms with Gasteiger partial charge in [-0.2, -0.15) is 0 Å². The minimum atomic E-state index is -0.0468. The average molecular weight is 685 g/mol. The molecule has 0 fully saturated rings. The Morgan fingerprint density at radius 2 is 0.786 bits per heavy atom. The molecule has 0 aliphatic rings. The maximum absolute atomic E-state index is 13.4. The molecular formula is C38H38O2Se2. The maximum atomic E-state index is 13.4. The van der Waals surface area contributed by atoms with Crippen molar-refractivity contribution in [3.63, 3.8) is 0 Å². The van der Waals surface area contributed by atoms with Gasteiger partial charge in [0.05, 0.1) is 0 Å². The molecule has 0 amide bonds. The third-order valence-electron chi connectivity index (χ3n) is 6.76. The molecule has 0 N–H and O–H groups in total. The van der Waals surface area contributed by atoms with Gasteiger partial charge in [0.1, 0.15) is 0 Å². The molecule has 0 aliphatic heterocycles. The van der Waals surface area contributed by atoms with Gasteiger partial charge in [-0.15, -0.1) is 0 Å². The molecule has 4 aromatic rings. The van der Waals surface area contributed by atoms with E-state index in [0.717, 1.165) is 22.3 Å². The van der Waals surface area contributed by atoms with E-state index < -0.39 is 0 Å². The number of benzene rings is 4. The fourth-order valence-corrected chi connectivity index (χ4v) is 14.9. The predicted octanol–water partition coefficient (Wildman–Crippen LogP) is 8.95. The quantitative estimate of drug-likeness (QED) is 0.130. The molecular weight excluding hydrogens is 646 g/mol. The van der Waals surface area contributed by atoms with Crippen molar-refractivity contribution in [2.75, 3.05) is 0 Å². The summed E-state index contributed by atoms with van der Waals surface area (Å²) < 4.78 is 2.74. The van der Waals surface area contributed by atoms with Crippen LogP contribution in [0.2, 0.25) is 0 Å². The Balaban J connectivity index is 1.69. The third kappa shape index (κ3) is 8.18. The SMILES string of the molecule is CC(C)(C)/C(=C/c1ccccc1C(=O)c1ccccc1)[Se][Se]/C(=C\c1ccccc1C(=O)c1ccccc1)C(C)(C)C. The number of ketones is 2. The Hall–Kier alpha value is -3.26. The summed E-state index contributed by atoms with van der Waals surface area (Å²) >= 11 is 0.372. The zero-order valence-electron chi connectivity index (χ0n) is 25.2. The van der Waals surface area contributed by atoms with E-state index in [2.05, 4.69) is 65.8 Å². The first-order valence-electron chi connectivity index (χ1n) is 14.1. The first kappa shape index (κ1) is 31.7. The van der Waals surface area contributed by atoms with Crippen LogP contribution in [0.15, 0.2) is 118 Å². The topological polar surface area (TPSA) is 34.1 Å². The molecule has 2 nitrogen and oxygen atoms in total. The van der Waals surface area contributed by atoms with Crippen LogP contribution in [0.3, 0.4) is 0 Å². The van der Waals surface area contributed by atoms with Crippen LogP contribution in [0, 0.1) is 10.8 Å². The zero-order valence-corrected chi connectivity index (χ0v) is 28.6. The van der Waals surface area contributed by atoms with Crippen LogP contribution in [0.25, 0.3) is 12.2 Å². The first-order chi connectivity index (χ1) is 19.9. The third-order valence-corrected chi connectivity index (χ3v) is 15.6. The average Bonchev–Trinajstić information content (AvgIpc) is 2.98. The van der Waals surface area contributed by atoms with Gasteiger partial charge in [-0.1, -0.05) is 0 Å².